The molecule has 8 nitrogen and oxygen atoms in total. The quantitative estimate of drug-likeness (QED) is 0.278. The van der Waals surface area contributed by atoms with Gasteiger partial charge in [-0.25, -0.2) is 28.7 Å². The number of aryl methyl sites for hydroxylation is 1. The monoisotopic (exact) mass is 548 g/mol. The summed E-state index contributed by atoms with van der Waals surface area (Å²) in [6.45, 7) is 16.7. The number of piperazine rings is 1. The Hall–Kier alpha value is -3.50. The highest BCUT2D eigenvalue weighted by molar-refractivity contribution is 5.83. The lowest BCUT2D eigenvalue weighted by molar-refractivity contribution is 0.0762. The molecule has 1 aliphatic heterocycles. The second-order valence-electron chi connectivity index (χ2n) is 11.0. The summed E-state index contributed by atoms with van der Waals surface area (Å²) in [5.41, 5.74) is 2.35. The molecule has 3 aromatic heterocycles. The van der Waals surface area contributed by atoms with Gasteiger partial charge in [0.1, 0.15) is 22.9 Å². The predicted molar refractivity (Wildman–Crippen MR) is 155 cm³/mol. The lowest BCUT2D eigenvalue weighted by Gasteiger charge is -2.40. The molecule has 4 heterocycles. The lowest BCUT2D eigenvalue weighted by Crippen LogP contribution is -2.49. The molecule has 0 saturated carbocycles. The SMILES string of the molecule is CC[C@@H](c1ccc(Nc2ncc(F)c(-c3cc(F)c4nc(C)n(C(C)C)c4c3)n2)nc1)N1CCN(C(C)C)CC1. The van der Waals surface area contributed by atoms with Crippen molar-refractivity contribution in [3.63, 3.8) is 0 Å². The van der Waals surface area contributed by atoms with Crippen LogP contribution < -0.4 is 5.32 Å². The fourth-order valence-electron chi connectivity index (χ4n) is 5.75. The van der Waals surface area contributed by atoms with Crippen molar-refractivity contribution >= 4 is 22.8 Å². The summed E-state index contributed by atoms with van der Waals surface area (Å²) < 4.78 is 31.8. The van der Waals surface area contributed by atoms with Crippen LogP contribution in [-0.4, -0.2) is 66.5 Å². The number of anilines is 2. The summed E-state index contributed by atoms with van der Waals surface area (Å²) >= 11 is 0. The number of aromatic nitrogens is 5. The number of nitrogens with one attached hydrogen (secondary N) is 1. The number of fused-ring (bicyclic) bond motifs is 1. The maximum absolute atomic E-state index is 15.0. The number of pyridine rings is 1. The fraction of sp³-hybridized carbons (Fsp3) is 0.467. The molecule has 1 atom stereocenters. The number of benzene rings is 1. The van der Waals surface area contributed by atoms with Gasteiger partial charge in [-0.15, -0.1) is 0 Å². The zero-order chi connectivity index (χ0) is 28.6. The third kappa shape index (κ3) is 5.55. The van der Waals surface area contributed by atoms with Crippen molar-refractivity contribution in [1.82, 2.24) is 34.3 Å². The number of rotatable bonds is 8. The summed E-state index contributed by atoms with van der Waals surface area (Å²) in [5.74, 6) is 0.280. The van der Waals surface area contributed by atoms with Crippen molar-refractivity contribution in [1.29, 1.82) is 0 Å². The Morgan fingerprint density at radius 2 is 1.60 bits per heavy atom. The fourth-order valence-corrected chi connectivity index (χ4v) is 5.75. The van der Waals surface area contributed by atoms with Crippen molar-refractivity contribution in [2.45, 2.75) is 66.1 Å². The van der Waals surface area contributed by atoms with Gasteiger partial charge in [-0.1, -0.05) is 13.0 Å². The molecule has 0 unspecified atom stereocenters. The van der Waals surface area contributed by atoms with Crippen LogP contribution in [0, 0.1) is 18.6 Å². The first-order valence-corrected chi connectivity index (χ1v) is 14.1. The Morgan fingerprint density at radius 1 is 0.875 bits per heavy atom. The van der Waals surface area contributed by atoms with E-state index in [-0.39, 0.29) is 23.2 Å². The van der Waals surface area contributed by atoms with Gasteiger partial charge >= 0.3 is 0 Å². The average Bonchev–Trinajstić information content (AvgIpc) is 3.28. The number of imidazole rings is 1. The molecule has 40 heavy (non-hydrogen) atoms. The molecule has 1 N–H and O–H groups in total. The third-order valence-electron chi connectivity index (χ3n) is 7.78. The number of nitrogens with zero attached hydrogens (tertiary/aromatic N) is 7. The zero-order valence-corrected chi connectivity index (χ0v) is 24.1. The van der Waals surface area contributed by atoms with E-state index in [1.807, 2.05) is 37.6 Å². The molecular formula is C30H38F2N8. The molecule has 0 radical (unpaired) electrons. The van der Waals surface area contributed by atoms with E-state index in [0.29, 0.717) is 34.8 Å². The van der Waals surface area contributed by atoms with Gasteiger partial charge in [-0.05, 0) is 64.8 Å². The van der Waals surface area contributed by atoms with E-state index in [0.717, 1.165) is 44.4 Å². The summed E-state index contributed by atoms with van der Waals surface area (Å²) in [5, 5.41) is 3.08. The molecule has 1 aliphatic rings. The summed E-state index contributed by atoms with van der Waals surface area (Å²) in [6.07, 6.45) is 3.97. The van der Waals surface area contributed by atoms with Gasteiger partial charge in [-0.2, -0.15) is 0 Å². The van der Waals surface area contributed by atoms with Gasteiger partial charge < -0.3 is 9.88 Å². The molecular weight excluding hydrogens is 510 g/mol. The Balaban J connectivity index is 1.36. The molecule has 1 saturated heterocycles. The van der Waals surface area contributed by atoms with Gasteiger partial charge in [0.25, 0.3) is 0 Å². The third-order valence-corrected chi connectivity index (χ3v) is 7.78. The van der Waals surface area contributed by atoms with Crippen LogP contribution in [0.25, 0.3) is 22.3 Å². The van der Waals surface area contributed by atoms with Gasteiger partial charge in [0, 0.05) is 56.1 Å². The van der Waals surface area contributed by atoms with E-state index in [1.165, 1.54) is 6.07 Å². The second-order valence-corrected chi connectivity index (χ2v) is 11.0. The van der Waals surface area contributed by atoms with E-state index in [1.54, 1.807) is 6.07 Å². The van der Waals surface area contributed by atoms with Crippen molar-refractivity contribution in [2.75, 3.05) is 31.5 Å². The topological polar surface area (TPSA) is 75.0 Å². The molecule has 4 aromatic rings. The first kappa shape index (κ1) is 28.0. The lowest BCUT2D eigenvalue weighted by atomic mass is 10.0. The van der Waals surface area contributed by atoms with E-state index >= 15 is 4.39 Å². The van der Waals surface area contributed by atoms with Crippen molar-refractivity contribution in [3.8, 4) is 11.3 Å². The molecule has 0 aliphatic carbocycles. The van der Waals surface area contributed by atoms with Crippen molar-refractivity contribution in [2.24, 2.45) is 0 Å². The molecule has 0 spiro atoms. The van der Waals surface area contributed by atoms with E-state index in [9.17, 15) is 4.39 Å². The highest BCUT2D eigenvalue weighted by Gasteiger charge is 2.25. The first-order chi connectivity index (χ1) is 19.2. The average molecular weight is 549 g/mol. The van der Waals surface area contributed by atoms with E-state index in [2.05, 4.69) is 61.9 Å². The molecule has 1 aromatic carbocycles. The Morgan fingerprint density at radius 3 is 2.23 bits per heavy atom. The highest BCUT2D eigenvalue weighted by Crippen LogP contribution is 2.31. The van der Waals surface area contributed by atoms with Crippen molar-refractivity contribution < 1.29 is 8.78 Å². The van der Waals surface area contributed by atoms with Crippen LogP contribution in [0.1, 0.15) is 64.5 Å². The van der Waals surface area contributed by atoms with Gasteiger partial charge in [0.15, 0.2) is 11.6 Å². The number of halogens is 2. The molecule has 1 fully saturated rings. The Bertz CT molecular complexity index is 1470. The Labute approximate surface area is 234 Å². The van der Waals surface area contributed by atoms with E-state index in [4.69, 9.17) is 0 Å². The number of hydrogen-bond acceptors (Lipinski definition) is 7. The van der Waals surface area contributed by atoms with Crippen LogP contribution in [0.3, 0.4) is 0 Å². The van der Waals surface area contributed by atoms with Crippen LogP contribution >= 0.6 is 0 Å². The molecule has 10 heteroatoms. The Kier molecular flexibility index (Phi) is 8.09. The minimum absolute atomic E-state index is 0.00988. The van der Waals surface area contributed by atoms with Crippen LogP contribution in [0.4, 0.5) is 20.5 Å². The van der Waals surface area contributed by atoms with Crippen molar-refractivity contribution in [3.05, 3.63) is 59.7 Å². The minimum atomic E-state index is -0.636. The largest absolute Gasteiger partial charge is 0.326 e. The van der Waals surface area contributed by atoms with Gasteiger partial charge in [0.05, 0.1) is 11.7 Å². The van der Waals surface area contributed by atoms with Crippen LogP contribution in [0.5, 0.6) is 0 Å². The number of hydrogen-bond donors (Lipinski definition) is 1. The maximum Gasteiger partial charge on any atom is 0.229 e. The van der Waals surface area contributed by atoms with Crippen LogP contribution in [0.2, 0.25) is 0 Å². The minimum Gasteiger partial charge on any atom is -0.326 e. The summed E-state index contributed by atoms with van der Waals surface area (Å²) in [6, 6.07) is 7.90. The normalized spacial score (nSPS) is 15.8. The zero-order valence-electron chi connectivity index (χ0n) is 24.1. The van der Waals surface area contributed by atoms with Gasteiger partial charge in [0.2, 0.25) is 5.95 Å². The van der Waals surface area contributed by atoms with Crippen LogP contribution in [-0.2, 0) is 0 Å². The maximum atomic E-state index is 15.0. The van der Waals surface area contributed by atoms with E-state index < -0.39 is 11.6 Å². The first-order valence-electron chi connectivity index (χ1n) is 14.1. The summed E-state index contributed by atoms with van der Waals surface area (Å²) in [7, 11) is 0. The van der Waals surface area contributed by atoms with Gasteiger partial charge in [-0.3, -0.25) is 9.80 Å². The smallest absolute Gasteiger partial charge is 0.229 e. The molecule has 212 valence electrons. The summed E-state index contributed by atoms with van der Waals surface area (Å²) in [4.78, 5) is 22.5. The standard InChI is InChI=1S/C30H38F2N8/c1-7-25(39-12-10-38(11-13-39)18(2)3)21-8-9-27(33-16-21)36-30-34-17-24(32)28(37-30)22-14-23(31)29-26(15-22)40(19(4)5)20(6)35-29/h8-9,14-19,25H,7,10-13H2,1-6H3,(H,33,34,36,37)/t25-/m0/s1. The highest BCUT2D eigenvalue weighted by atomic mass is 19.1. The molecule has 5 rings (SSSR count). The van der Waals surface area contributed by atoms with Crippen LogP contribution in [0.15, 0.2) is 36.7 Å². The predicted octanol–water partition coefficient (Wildman–Crippen LogP) is 6.28. The second kappa shape index (κ2) is 11.5. The molecule has 0 amide bonds. The molecule has 0 bridgehead atoms.